The molecule has 9 heteroatoms. The highest BCUT2D eigenvalue weighted by Crippen LogP contribution is 2.33. The first-order valence-corrected chi connectivity index (χ1v) is 6.24. The van der Waals surface area contributed by atoms with Crippen molar-refractivity contribution in [3.8, 4) is 11.5 Å². The largest absolute Gasteiger partial charge is 0.497 e. The number of hydrogen-bond acceptors (Lipinski definition) is 5. The molecule has 0 fully saturated rings. The SMILES string of the molecule is COc1cc(F)cc(Nc2ccc([N+](=O)[O-])c(OC(F)F)c2)c1. The van der Waals surface area contributed by atoms with Crippen molar-refractivity contribution in [2.45, 2.75) is 6.61 Å². The van der Waals surface area contributed by atoms with Crippen LogP contribution < -0.4 is 14.8 Å². The first kappa shape index (κ1) is 16.4. The second-order valence-corrected chi connectivity index (χ2v) is 4.32. The number of alkyl halides is 2. The molecule has 122 valence electrons. The van der Waals surface area contributed by atoms with Crippen LogP contribution in [-0.4, -0.2) is 18.6 Å². The molecule has 0 unspecified atom stereocenters. The van der Waals surface area contributed by atoms with Gasteiger partial charge in [0.15, 0.2) is 0 Å². The molecule has 2 aromatic carbocycles. The van der Waals surface area contributed by atoms with Crippen LogP contribution in [0.5, 0.6) is 11.5 Å². The van der Waals surface area contributed by atoms with Crippen LogP contribution in [0, 0.1) is 15.9 Å². The Bertz CT molecular complexity index is 725. The monoisotopic (exact) mass is 328 g/mol. The number of nitro benzene ring substituents is 1. The van der Waals surface area contributed by atoms with Gasteiger partial charge in [-0.05, 0) is 12.1 Å². The summed E-state index contributed by atoms with van der Waals surface area (Å²) < 4.78 is 47.1. The number of halogens is 3. The van der Waals surface area contributed by atoms with Crippen LogP contribution in [0.25, 0.3) is 0 Å². The van der Waals surface area contributed by atoms with Gasteiger partial charge in [-0.15, -0.1) is 0 Å². The zero-order valence-electron chi connectivity index (χ0n) is 11.8. The standard InChI is InChI=1S/C14H11F3N2O4/c1-22-11-5-8(15)4-10(6-11)18-9-2-3-12(19(20)21)13(7-9)23-14(16)17/h2-7,14,18H,1H3. The van der Waals surface area contributed by atoms with Crippen LogP contribution in [0.4, 0.5) is 30.2 Å². The molecule has 23 heavy (non-hydrogen) atoms. The number of nitrogens with zero attached hydrogens (tertiary/aromatic N) is 1. The minimum atomic E-state index is -3.21. The highest BCUT2D eigenvalue weighted by atomic mass is 19.3. The third-order valence-electron chi connectivity index (χ3n) is 2.77. The minimum Gasteiger partial charge on any atom is -0.497 e. The molecular formula is C14H11F3N2O4. The van der Waals surface area contributed by atoms with Crippen LogP contribution >= 0.6 is 0 Å². The summed E-state index contributed by atoms with van der Waals surface area (Å²) >= 11 is 0. The van der Waals surface area contributed by atoms with Crippen molar-refractivity contribution in [3.05, 3.63) is 52.3 Å². The van der Waals surface area contributed by atoms with E-state index in [1.807, 2.05) is 0 Å². The van der Waals surface area contributed by atoms with Crippen molar-refractivity contribution in [2.24, 2.45) is 0 Å². The second kappa shape index (κ2) is 6.86. The quantitative estimate of drug-likeness (QED) is 0.639. The minimum absolute atomic E-state index is 0.207. The van der Waals surface area contributed by atoms with E-state index in [2.05, 4.69) is 10.1 Å². The van der Waals surface area contributed by atoms with Gasteiger partial charge in [0.05, 0.1) is 12.0 Å². The van der Waals surface area contributed by atoms with E-state index in [1.54, 1.807) is 0 Å². The zero-order chi connectivity index (χ0) is 17.0. The van der Waals surface area contributed by atoms with Crippen molar-refractivity contribution in [1.82, 2.24) is 0 Å². The molecule has 2 aromatic rings. The average Bonchev–Trinajstić information content (AvgIpc) is 2.45. The van der Waals surface area contributed by atoms with Gasteiger partial charge < -0.3 is 14.8 Å². The van der Waals surface area contributed by atoms with Crippen molar-refractivity contribution >= 4 is 17.1 Å². The van der Waals surface area contributed by atoms with Gasteiger partial charge >= 0.3 is 12.3 Å². The highest BCUT2D eigenvalue weighted by Gasteiger charge is 2.19. The number of nitrogens with one attached hydrogen (secondary N) is 1. The number of anilines is 2. The number of rotatable bonds is 6. The molecule has 6 nitrogen and oxygen atoms in total. The Kier molecular flexibility index (Phi) is 4.89. The maximum absolute atomic E-state index is 13.4. The molecule has 0 aliphatic rings. The van der Waals surface area contributed by atoms with E-state index in [1.165, 1.54) is 19.2 Å². The van der Waals surface area contributed by atoms with Crippen molar-refractivity contribution in [3.63, 3.8) is 0 Å². The van der Waals surface area contributed by atoms with Gasteiger partial charge in [0, 0.05) is 35.6 Å². The summed E-state index contributed by atoms with van der Waals surface area (Å²) in [6.45, 7) is -3.21. The van der Waals surface area contributed by atoms with E-state index in [9.17, 15) is 23.3 Å². The van der Waals surface area contributed by atoms with Gasteiger partial charge in [0.1, 0.15) is 11.6 Å². The summed E-state index contributed by atoms with van der Waals surface area (Å²) in [6, 6.07) is 7.11. The molecular weight excluding hydrogens is 317 g/mol. The van der Waals surface area contributed by atoms with Crippen LogP contribution in [0.3, 0.4) is 0 Å². The highest BCUT2D eigenvalue weighted by molar-refractivity contribution is 5.66. The van der Waals surface area contributed by atoms with E-state index in [0.29, 0.717) is 0 Å². The van der Waals surface area contributed by atoms with Crippen molar-refractivity contribution < 1.29 is 27.6 Å². The number of benzene rings is 2. The molecule has 0 aliphatic heterocycles. The van der Waals surface area contributed by atoms with E-state index in [-0.39, 0.29) is 17.1 Å². The van der Waals surface area contributed by atoms with Gasteiger partial charge in [-0.2, -0.15) is 8.78 Å². The second-order valence-electron chi connectivity index (χ2n) is 4.32. The van der Waals surface area contributed by atoms with Crippen LogP contribution in [-0.2, 0) is 0 Å². The topological polar surface area (TPSA) is 73.6 Å². The summed E-state index contributed by atoms with van der Waals surface area (Å²) in [4.78, 5) is 9.95. The summed E-state index contributed by atoms with van der Waals surface area (Å²) in [7, 11) is 1.36. The number of methoxy groups -OCH3 is 1. The molecule has 0 saturated heterocycles. The Hall–Kier alpha value is -2.97. The molecule has 0 bridgehead atoms. The molecule has 0 amide bonds. The normalized spacial score (nSPS) is 10.5. The molecule has 0 heterocycles. The first-order chi connectivity index (χ1) is 10.9. The lowest BCUT2D eigenvalue weighted by Gasteiger charge is -2.11. The molecule has 0 aliphatic carbocycles. The van der Waals surface area contributed by atoms with Gasteiger partial charge in [0.2, 0.25) is 5.75 Å². The van der Waals surface area contributed by atoms with Gasteiger partial charge in [0.25, 0.3) is 0 Å². The van der Waals surface area contributed by atoms with Crippen molar-refractivity contribution in [1.29, 1.82) is 0 Å². The van der Waals surface area contributed by atoms with Crippen LogP contribution in [0.2, 0.25) is 0 Å². The van der Waals surface area contributed by atoms with Crippen molar-refractivity contribution in [2.75, 3.05) is 12.4 Å². The van der Waals surface area contributed by atoms with Gasteiger partial charge in [-0.3, -0.25) is 10.1 Å². The zero-order valence-corrected chi connectivity index (χ0v) is 11.8. The fraction of sp³-hybridized carbons (Fsp3) is 0.143. The number of ether oxygens (including phenoxy) is 2. The van der Waals surface area contributed by atoms with E-state index in [0.717, 1.165) is 24.3 Å². The average molecular weight is 328 g/mol. The van der Waals surface area contributed by atoms with E-state index >= 15 is 0 Å². The molecule has 1 N–H and O–H groups in total. The maximum atomic E-state index is 13.4. The fourth-order valence-corrected chi connectivity index (χ4v) is 1.85. The maximum Gasteiger partial charge on any atom is 0.387 e. The molecule has 0 saturated carbocycles. The van der Waals surface area contributed by atoms with E-state index in [4.69, 9.17) is 4.74 Å². The van der Waals surface area contributed by atoms with Crippen LogP contribution in [0.15, 0.2) is 36.4 Å². The predicted octanol–water partition coefficient (Wildman–Crippen LogP) is 4.09. The Morgan fingerprint density at radius 3 is 2.52 bits per heavy atom. The third-order valence-corrected chi connectivity index (χ3v) is 2.77. The molecule has 2 rings (SSSR count). The number of hydrogen-bond donors (Lipinski definition) is 1. The Morgan fingerprint density at radius 2 is 1.91 bits per heavy atom. The molecule has 0 aromatic heterocycles. The first-order valence-electron chi connectivity index (χ1n) is 6.24. The Morgan fingerprint density at radius 1 is 1.17 bits per heavy atom. The lowest BCUT2D eigenvalue weighted by molar-refractivity contribution is -0.386. The predicted molar refractivity (Wildman–Crippen MR) is 76.0 cm³/mol. The molecule has 0 radical (unpaired) electrons. The number of nitro groups is 1. The van der Waals surface area contributed by atoms with E-state index < -0.39 is 28.8 Å². The molecule has 0 spiro atoms. The Balaban J connectivity index is 2.33. The van der Waals surface area contributed by atoms with Gasteiger partial charge in [-0.1, -0.05) is 0 Å². The fourth-order valence-electron chi connectivity index (χ4n) is 1.85. The lowest BCUT2D eigenvalue weighted by atomic mass is 10.2. The summed E-state index contributed by atoms with van der Waals surface area (Å²) in [6.07, 6.45) is 0. The summed E-state index contributed by atoms with van der Waals surface area (Å²) in [5.74, 6) is -0.922. The molecule has 0 atom stereocenters. The Labute approximate surface area is 128 Å². The smallest absolute Gasteiger partial charge is 0.387 e. The van der Waals surface area contributed by atoms with Crippen LogP contribution in [0.1, 0.15) is 0 Å². The summed E-state index contributed by atoms with van der Waals surface area (Å²) in [5.41, 5.74) is -0.120. The third kappa shape index (κ3) is 4.25. The lowest BCUT2D eigenvalue weighted by Crippen LogP contribution is -2.05. The summed E-state index contributed by atoms with van der Waals surface area (Å²) in [5, 5.41) is 13.5. The van der Waals surface area contributed by atoms with Gasteiger partial charge in [-0.25, -0.2) is 4.39 Å².